The molecule has 0 fully saturated rings. The molecule has 0 spiro atoms. The van der Waals surface area contributed by atoms with Gasteiger partial charge in [-0.05, 0) is 31.1 Å². The zero-order chi connectivity index (χ0) is 21.7. The number of imide groups is 1. The van der Waals surface area contributed by atoms with Gasteiger partial charge in [0.2, 0.25) is 0 Å². The van der Waals surface area contributed by atoms with Crippen LogP contribution in [0.2, 0.25) is 10.0 Å². The lowest BCUT2D eigenvalue weighted by molar-refractivity contribution is 0.0649. The molecule has 30 heavy (non-hydrogen) atoms. The van der Waals surface area contributed by atoms with E-state index < -0.39 is 0 Å². The molecule has 0 radical (unpaired) electrons. The number of ether oxygens (including phenoxy) is 2. The van der Waals surface area contributed by atoms with Crippen LogP contribution in [0.25, 0.3) is 0 Å². The van der Waals surface area contributed by atoms with Crippen molar-refractivity contribution in [1.29, 1.82) is 0 Å². The summed E-state index contributed by atoms with van der Waals surface area (Å²) in [6, 6.07) is 9.98. The standard InChI is InChI=1S/C21H17Cl4NO4/c22-16-11-13(29-10-7-18(24)25)12-17(23)19(16)30-9-4-3-8-26-20(27)14-5-1-2-6-15(14)21(26)28/h1-2,5-7,11-12H,3-4,8-10H2. The Morgan fingerprint density at radius 3 is 2.10 bits per heavy atom. The number of halogens is 4. The second-order valence-electron chi connectivity index (χ2n) is 6.38. The zero-order valence-corrected chi connectivity index (χ0v) is 18.7. The van der Waals surface area contributed by atoms with Gasteiger partial charge in [-0.15, -0.1) is 0 Å². The van der Waals surface area contributed by atoms with Crippen LogP contribution in [0.15, 0.2) is 47.0 Å². The van der Waals surface area contributed by atoms with Crippen LogP contribution >= 0.6 is 46.4 Å². The van der Waals surface area contributed by atoms with Crippen molar-refractivity contribution < 1.29 is 19.1 Å². The molecule has 2 amide bonds. The molecular weight excluding hydrogens is 472 g/mol. The van der Waals surface area contributed by atoms with Crippen molar-refractivity contribution in [2.45, 2.75) is 12.8 Å². The minimum Gasteiger partial charge on any atom is -0.490 e. The Bertz CT molecular complexity index is 931. The van der Waals surface area contributed by atoms with Gasteiger partial charge in [0.05, 0.1) is 27.8 Å². The van der Waals surface area contributed by atoms with E-state index in [0.29, 0.717) is 58.7 Å². The van der Waals surface area contributed by atoms with Crippen molar-refractivity contribution in [2.24, 2.45) is 0 Å². The number of benzene rings is 2. The van der Waals surface area contributed by atoms with E-state index in [-0.39, 0.29) is 22.9 Å². The van der Waals surface area contributed by atoms with E-state index >= 15 is 0 Å². The predicted molar refractivity (Wildman–Crippen MR) is 118 cm³/mol. The molecule has 0 aliphatic carbocycles. The highest BCUT2D eigenvalue weighted by Gasteiger charge is 2.34. The third-order valence-corrected chi connectivity index (χ3v) is 5.23. The van der Waals surface area contributed by atoms with Crippen molar-refractivity contribution in [3.8, 4) is 11.5 Å². The first-order valence-corrected chi connectivity index (χ1v) is 10.6. The van der Waals surface area contributed by atoms with E-state index in [0.717, 1.165) is 0 Å². The van der Waals surface area contributed by atoms with Crippen molar-refractivity contribution in [2.75, 3.05) is 19.8 Å². The molecule has 2 aromatic rings. The molecule has 0 aromatic heterocycles. The fraction of sp³-hybridized carbons (Fsp3) is 0.238. The first kappa shape index (κ1) is 22.8. The monoisotopic (exact) mass is 487 g/mol. The van der Waals surface area contributed by atoms with E-state index in [1.165, 1.54) is 11.0 Å². The smallest absolute Gasteiger partial charge is 0.261 e. The second-order valence-corrected chi connectivity index (χ2v) is 8.21. The summed E-state index contributed by atoms with van der Waals surface area (Å²) < 4.78 is 11.2. The summed E-state index contributed by atoms with van der Waals surface area (Å²) in [7, 11) is 0. The molecule has 0 unspecified atom stereocenters. The van der Waals surface area contributed by atoms with Gasteiger partial charge < -0.3 is 9.47 Å². The average Bonchev–Trinajstić information content (AvgIpc) is 2.94. The summed E-state index contributed by atoms with van der Waals surface area (Å²) in [5, 5.41) is 0.609. The van der Waals surface area contributed by atoms with Gasteiger partial charge in [0.1, 0.15) is 16.8 Å². The Balaban J connectivity index is 1.47. The number of rotatable bonds is 9. The molecule has 0 saturated heterocycles. The van der Waals surface area contributed by atoms with E-state index in [1.54, 1.807) is 36.4 Å². The first-order valence-electron chi connectivity index (χ1n) is 9.09. The highest BCUT2D eigenvalue weighted by molar-refractivity contribution is 6.55. The Hall–Kier alpha value is -1.92. The predicted octanol–water partition coefficient (Wildman–Crippen LogP) is 6.15. The maximum Gasteiger partial charge on any atom is 0.261 e. The number of carbonyl (C=O) groups is 2. The van der Waals surface area contributed by atoms with Gasteiger partial charge in [0, 0.05) is 18.7 Å². The molecule has 2 aromatic carbocycles. The summed E-state index contributed by atoms with van der Waals surface area (Å²) in [5.41, 5.74) is 0.895. The SMILES string of the molecule is O=C1c2ccccc2C(=O)N1CCCCOc1c(Cl)cc(OCC=C(Cl)Cl)cc1Cl. The molecule has 1 aliphatic heterocycles. The minimum absolute atomic E-state index is 0.105. The zero-order valence-electron chi connectivity index (χ0n) is 15.7. The van der Waals surface area contributed by atoms with Gasteiger partial charge in [-0.3, -0.25) is 14.5 Å². The number of hydrogen-bond donors (Lipinski definition) is 0. The molecule has 0 atom stereocenters. The van der Waals surface area contributed by atoms with Crippen LogP contribution in [0.5, 0.6) is 11.5 Å². The summed E-state index contributed by atoms with van der Waals surface area (Å²) in [6.45, 7) is 0.820. The van der Waals surface area contributed by atoms with Crippen LogP contribution in [0.4, 0.5) is 0 Å². The lowest BCUT2D eigenvalue weighted by atomic mass is 10.1. The van der Waals surface area contributed by atoms with Crippen LogP contribution in [-0.2, 0) is 0 Å². The van der Waals surface area contributed by atoms with E-state index in [1.807, 2.05) is 0 Å². The Morgan fingerprint density at radius 1 is 0.933 bits per heavy atom. The highest BCUT2D eigenvalue weighted by atomic mass is 35.5. The van der Waals surface area contributed by atoms with Gasteiger partial charge in [-0.2, -0.15) is 0 Å². The highest BCUT2D eigenvalue weighted by Crippen LogP contribution is 2.37. The summed E-state index contributed by atoms with van der Waals surface area (Å²) in [4.78, 5) is 25.9. The maximum absolute atomic E-state index is 12.3. The quantitative estimate of drug-likeness (QED) is 0.314. The van der Waals surface area contributed by atoms with E-state index in [2.05, 4.69) is 0 Å². The Labute approximate surface area is 194 Å². The second kappa shape index (κ2) is 10.4. The van der Waals surface area contributed by atoms with Crippen molar-refractivity contribution >= 4 is 58.2 Å². The lowest BCUT2D eigenvalue weighted by Crippen LogP contribution is -2.30. The lowest BCUT2D eigenvalue weighted by Gasteiger charge is -2.15. The minimum atomic E-state index is -0.261. The number of amides is 2. The summed E-state index contributed by atoms with van der Waals surface area (Å²) in [6.07, 6.45) is 2.69. The molecule has 0 saturated carbocycles. The van der Waals surface area contributed by atoms with Crippen molar-refractivity contribution in [3.05, 3.63) is 68.1 Å². The molecule has 158 valence electrons. The van der Waals surface area contributed by atoms with Gasteiger partial charge in [-0.1, -0.05) is 58.5 Å². The van der Waals surface area contributed by atoms with Gasteiger partial charge in [0.15, 0.2) is 5.75 Å². The molecule has 5 nitrogen and oxygen atoms in total. The number of carbonyl (C=O) groups excluding carboxylic acids is 2. The normalized spacial score (nSPS) is 12.7. The van der Waals surface area contributed by atoms with Gasteiger partial charge in [0.25, 0.3) is 11.8 Å². The Kier molecular flexibility index (Phi) is 7.89. The molecule has 1 aliphatic rings. The van der Waals surface area contributed by atoms with Crippen LogP contribution in [-0.4, -0.2) is 36.5 Å². The summed E-state index contributed by atoms with van der Waals surface area (Å²) in [5.74, 6) is 0.276. The average molecular weight is 489 g/mol. The van der Waals surface area contributed by atoms with Crippen LogP contribution in [0.1, 0.15) is 33.6 Å². The number of fused-ring (bicyclic) bond motifs is 1. The summed E-state index contributed by atoms with van der Waals surface area (Å²) >= 11 is 23.5. The largest absolute Gasteiger partial charge is 0.490 e. The van der Waals surface area contributed by atoms with E-state index in [9.17, 15) is 9.59 Å². The Morgan fingerprint density at radius 2 is 1.53 bits per heavy atom. The van der Waals surface area contributed by atoms with Crippen molar-refractivity contribution in [3.63, 3.8) is 0 Å². The molecule has 0 bridgehead atoms. The molecule has 3 rings (SSSR count). The van der Waals surface area contributed by atoms with Crippen LogP contribution in [0.3, 0.4) is 0 Å². The molecular formula is C21H17Cl4NO4. The number of unbranched alkanes of at least 4 members (excludes halogenated alkanes) is 1. The van der Waals surface area contributed by atoms with Crippen LogP contribution < -0.4 is 9.47 Å². The topological polar surface area (TPSA) is 55.8 Å². The molecule has 1 heterocycles. The van der Waals surface area contributed by atoms with Crippen molar-refractivity contribution in [1.82, 2.24) is 4.90 Å². The number of hydrogen-bond acceptors (Lipinski definition) is 4. The molecule has 9 heteroatoms. The van der Waals surface area contributed by atoms with E-state index in [4.69, 9.17) is 55.9 Å². The number of nitrogens with zero attached hydrogens (tertiary/aromatic N) is 1. The fourth-order valence-corrected chi connectivity index (χ4v) is 3.65. The fourth-order valence-electron chi connectivity index (χ4n) is 2.95. The molecule has 0 N–H and O–H groups in total. The van der Waals surface area contributed by atoms with Gasteiger partial charge >= 0.3 is 0 Å². The van der Waals surface area contributed by atoms with Crippen LogP contribution in [0, 0.1) is 0 Å². The van der Waals surface area contributed by atoms with Gasteiger partial charge in [-0.25, -0.2) is 0 Å². The maximum atomic E-state index is 12.3. The third-order valence-electron chi connectivity index (χ3n) is 4.36. The first-order chi connectivity index (χ1) is 14.4. The third kappa shape index (κ3) is 5.41.